The fourth-order valence-electron chi connectivity index (χ4n) is 1.39. The molecule has 10 heteroatoms. The SMILES string of the molecule is CS(=O)(=O)c1ccc(-n2nnnc2SCC(=O)O)cc1. The normalized spacial score (nSPS) is 11.4. The number of nitrogens with zero attached hydrogens (tertiary/aromatic N) is 4. The highest BCUT2D eigenvalue weighted by molar-refractivity contribution is 7.99. The van der Waals surface area contributed by atoms with Crippen molar-refractivity contribution in [2.45, 2.75) is 10.1 Å². The van der Waals surface area contributed by atoms with Crippen molar-refractivity contribution in [1.29, 1.82) is 0 Å². The first kappa shape index (κ1) is 14.5. The van der Waals surface area contributed by atoms with Gasteiger partial charge in [-0.05, 0) is 34.7 Å². The summed E-state index contributed by atoms with van der Waals surface area (Å²) in [7, 11) is -3.26. The van der Waals surface area contributed by atoms with Crippen molar-refractivity contribution in [3.63, 3.8) is 0 Å². The van der Waals surface area contributed by atoms with Gasteiger partial charge >= 0.3 is 5.97 Å². The second-order valence-electron chi connectivity index (χ2n) is 3.82. The maximum atomic E-state index is 11.4. The van der Waals surface area contributed by atoms with Crippen LogP contribution in [-0.4, -0.2) is 51.7 Å². The first-order chi connectivity index (χ1) is 9.38. The lowest BCUT2D eigenvalue weighted by Gasteiger charge is -2.04. The van der Waals surface area contributed by atoms with Gasteiger partial charge in [0.05, 0.1) is 16.3 Å². The summed E-state index contributed by atoms with van der Waals surface area (Å²) in [5.74, 6) is -1.14. The molecule has 20 heavy (non-hydrogen) atoms. The lowest BCUT2D eigenvalue weighted by molar-refractivity contribution is -0.133. The van der Waals surface area contributed by atoms with Gasteiger partial charge in [0.1, 0.15) is 0 Å². The molecule has 1 N–H and O–H groups in total. The molecule has 0 bridgehead atoms. The zero-order chi connectivity index (χ0) is 14.8. The summed E-state index contributed by atoms with van der Waals surface area (Å²) in [5, 5.41) is 19.9. The number of aliphatic carboxylic acids is 1. The van der Waals surface area contributed by atoms with E-state index in [1.54, 1.807) is 12.1 Å². The van der Waals surface area contributed by atoms with Crippen molar-refractivity contribution in [3.05, 3.63) is 24.3 Å². The van der Waals surface area contributed by atoms with Gasteiger partial charge in [0, 0.05) is 6.26 Å². The van der Waals surface area contributed by atoms with Crippen LogP contribution in [0.2, 0.25) is 0 Å². The molecule has 1 heterocycles. The topological polar surface area (TPSA) is 115 Å². The van der Waals surface area contributed by atoms with Crippen LogP contribution in [0.5, 0.6) is 0 Å². The van der Waals surface area contributed by atoms with Crippen molar-refractivity contribution in [2.24, 2.45) is 0 Å². The lowest BCUT2D eigenvalue weighted by atomic mass is 10.3. The number of carboxylic acids is 1. The maximum absolute atomic E-state index is 11.4. The van der Waals surface area contributed by atoms with Gasteiger partial charge in [-0.1, -0.05) is 11.8 Å². The molecule has 0 radical (unpaired) electrons. The van der Waals surface area contributed by atoms with Gasteiger partial charge in [0.2, 0.25) is 5.16 Å². The van der Waals surface area contributed by atoms with E-state index in [2.05, 4.69) is 15.5 Å². The van der Waals surface area contributed by atoms with Crippen molar-refractivity contribution in [1.82, 2.24) is 20.2 Å². The summed E-state index contributed by atoms with van der Waals surface area (Å²) >= 11 is 0.975. The number of carbonyl (C=O) groups is 1. The van der Waals surface area contributed by atoms with E-state index in [-0.39, 0.29) is 10.6 Å². The van der Waals surface area contributed by atoms with Gasteiger partial charge in [-0.25, -0.2) is 8.42 Å². The summed E-state index contributed by atoms with van der Waals surface area (Å²) < 4.78 is 24.1. The molecule has 0 aliphatic carbocycles. The Labute approximate surface area is 118 Å². The molecule has 1 aromatic heterocycles. The lowest BCUT2D eigenvalue weighted by Crippen LogP contribution is -2.03. The van der Waals surface area contributed by atoms with Gasteiger partial charge in [0.15, 0.2) is 9.84 Å². The standard InChI is InChI=1S/C10H10N4O4S2/c1-20(17,18)8-4-2-7(3-5-8)14-10(11-12-13-14)19-6-9(15)16/h2-5H,6H2,1H3,(H,15,16). The molecule has 106 valence electrons. The van der Waals surface area contributed by atoms with Gasteiger partial charge in [-0.3, -0.25) is 4.79 Å². The van der Waals surface area contributed by atoms with E-state index < -0.39 is 15.8 Å². The van der Waals surface area contributed by atoms with Crippen LogP contribution in [0.4, 0.5) is 0 Å². The smallest absolute Gasteiger partial charge is 0.313 e. The Kier molecular flexibility index (Phi) is 4.04. The van der Waals surface area contributed by atoms with E-state index in [9.17, 15) is 13.2 Å². The molecule has 0 saturated carbocycles. The average molecular weight is 314 g/mol. The van der Waals surface area contributed by atoms with Crippen molar-refractivity contribution in [3.8, 4) is 5.69 Å². The Balaban J connectivity index is 2.28. The van der Waals surface area contributed by atoms with Crippen LogP contribution in [0, 0.1) is 0 Å². The van der Waals surface area contributed by atoms with Crippen LogP contribution in [0.3, 0.4) is 0 Å². The molecule has 0 atom stereocenters. The Morgan fingerprint density at radius 2 is 2.00 bits per heavy atom. The van der Waals surface area contributed by atoms with Gasteiger partial charge in [0.25, 0.3) is 0 Å². The highest BCUT2D eigenvalue weighted by Gasteiger charge is 2.12. The summed E-state index contributed by atoms with van der Waals surface area (Å²) in [6.45, 7) is 0. The van der Waals surface area contributed by atoms with E-state index in [0.29, 0.717) is 10.8 Å². The largest absolute Gasteiger partial charge is 0.481 e. The van der Waals surface area contributed by atoms with E-state index in [0.717, 1.165) is 18.0 Å². The maximum Gasteiger partial charge on any atom is 0.313 e. The molecule has 0 amide bonds. The molecule has 0 unspecified atom stereocenters. The molecule has 2 aromatic rings. The van der Waals surface area contributed by atoms with Crippen LogP contribution < -0.4 is 0 Å². The molecule has 0 saturated heterocycles. The average Bonchev–Trinajstić information content (AvgIpc) is 2.83. The second kappa shape index (κ2) is 5.59. The zero-order valence-electron chi connectivity index (χ0n) is 10.3. The van der Waals surface area contributed by atoms with Crippen molar-refractivity contribution < 1.29 is 18.3 Å². The van der Waals surface area contributed by atoms with Crippen LogP contribution in [0.15, 0.2) is 34.3 Å². The third-order valence-corrected chi connectivity index (χ3v) is 4.31. The van der Waals surface area contributed by atoms with Crippen LogP contribution in [0.1, 0.15) is 0 Å². The summed E-state index contributed by atoms with van der Waals surface area (Å²) in [6.07, 6.45) is 1.12. The number of hydrogen-bond acceptors (Lipinski definition) is 7. The van der Waals surface area contributed by atoms with Gasteiger partial charge in [-0.15, -0.1) is 5.10 Å². The van der Waals surface area contributed by atoms with Gasteiger partial charge < -0.3 is 5.11 Å². The van der Waals surface area contributed by atoms with Crippen LogP contribution >= 0.6 is 11.8 Å². The number of rotatable bonds is 5. The molecule has 0 aliphatic rings. The molecule has 1 aromatic carbocycles. The molecule has 2 rings (SSSR count). The minimum atomic E-state index is -3.26. The van der Waals surface area contributed by atoms with Crippen LogP contribution in [-0.2, 0) is 14.6 Å². The van der Waals surface area contributed by atoms with E-state index in [1.807, 2.05) is 0 Å². The third kappa shape index (κ3) is 3.33. The number of hydrogen-bond donors (Lipinski definition) is 1. The molecule has 8 nitrogen and oxygen atoms in total. The molecular formula is C10H10N4O4S2. The number of carboxylic acid groups (broad SMARTS) is 1. The molecule has 0 spiro atoms. The highest BCUT2D eigenvalue weighted by atomic mass is 32.2. The summed E-state index contributed by atoms with van der Waals surface area (Å²) in [6, 6.07) is 5.99. The first-order valence-electron chi connectivity index (χ1n) is 5.31. The second-order valence-corrected chi connectivity index (χ2v) is 6.78. The van der Waals surface area contributed by atoms with Crippen molar-refractivity contribution >= 4 is 27.6 Å². The quantitative estimate of drug-likeness (QED) is 0.780. The minimum Gasteiger partial charge on any atom is -0.481 e. The molecule has 0 fully saturated rings. The van der Waals surface area contributed by atoms with E-state index in [1.165, 1.54) is 16.8 Å². The van der Waals surface area contributed by atoms with E-state index >= 15 is 0 Å². The van der Waals surface area contributed by atoms with Crippen LogP contribution in [0.25, 0.3) is 5.69 Å². The Morgan fingerprint density at radius 1 is 1.35 bits per heavy atom. The predicted molar refractivity (Wildman–Crippen MR) is 70.6 cm³/mol. The fourth-order valence-corrected chi connectivity index (χ4v) is 2.63. The first-order valence-corrected chi connectivity index (χ1v) is 8.19. The Hall–Kier alpha value is -1.94. The fraction of sp³-hybridized carbons (Fsp3) is 0.200. The minimum absolute atomic E-state index is 0.165. The van der Waals surface area contributed by atoms with E-state index in [4.69, 9.17) is 5.11 Å². The number of aromatic nitrogens is 4. The highest BCUT2D eigenvalue weighted by Crippen LogP contribution is 2.19. The number of benzene rings is 1. The number of sulfone groups is 1. The monoisotopic (exact) mass is 314 g/mol. The molecular weight excluding hydrogens is 304 g/mol. The number of tetrazole rings is 1. The molecule has 0 aliphatic heterocycles. The summed E-state index contributed by atoms with van der Waals surface area (Å²) in [4.78, 5) is 10.7. The predicted octanol–water partition coefficient (Wildman–Crippen LogP) is 0.242. The Bertz CT molecular complexity index is 724. The third-order valence-electron chi connectivity index (χ3n) is 2.28. The van der Waals surface area contributed by atoms with Crippen molar-refractivity contribution in [2.75, 3.05) is 12.0 Å². The number of thioether (sulfide) groups is 1. The van der Waals surface area contributed by atoms with Gasteiger partial charge in [-0.2, -0.15) is 4.68 Å². The zero-order valence-corrected chi connectivity index (χ0v) is 11.9. The Morgan fingerprint density at radius 3 is 2.55 bits per heavy atom. The summed E-state index contributed by atoms with van der Waals surface area (Å²) in [5.41, 5.74) is 0.551.